The van der Waals surface area contributed by atoms with Crippen molar-refractivity contribution in [1.29, 1.82) is 0 Å². The van der Waals surface area contributed by atoms with Crippen LogP contribution in [0.25, 0.3) is 11.3 Å². The highest BCUT2D eigenvalue weighted by Gasteiger charge is 2.21. The van der Waals surface area contributed by atoms with Gasteiger partial charge in [0.05, 0.1) is 18.4 Å². The summed E-state index contributed by atoms with van der Waals surface area (Å²) in [5.41, 5.74) is 7.13. The molecule has 1 atom stereocenters. The van der Waals surface area contributed by atoms with Crippen molar-refractivity contribution < 1.29 is 14.1 Å². The van der Waals surface area contributed by atoms with Crippen LogP contribution in [0.2, 0.25) is 0 Å². The highest BCUT2D eigenvalue weighted by atomic mass is 32.2. The third-order valence-corrected chi connectivity index (χ3v) is 5.76. The van der Waals surface area contributed by atoms with Crippen LogP contribution < -0.4 is 5.73 Å². The maximum Gasteiger partial charge on any atom is 0.217 e. The second kappa shape index (κ2) is 9.23. The van der Waals surface area contributed by atoms with Crippen molar-refractivity contribution in [3.63, 3.8) is 0 Å². The monoisotopic (exact) mass is 413 g/mol. The second-order valence-electron chi connectivity index (χ2n) is 6.94. The Kier molecular flexibility index (Phi) is 6.26. The molecule has 3 heterocycles. The predicted octanol–water partition coefficient (Wildman–Crippen LogP) is 2.82. The number of aromatic nitrogens is 4. The first-order valence-electron chi connectivity index (χ1n) is 9.65. The number of aryl methyl sites for hydroxylation is 1. The highest BCUT2D eigenvalue weighted by molar-refractivity contribution is 7.98. The second-order valence-corrected chi connectivity index (χ2v) is 7.89. The molecule has 3 aromatic rings. The molecule has 29 heavy (non-hydrogen) atoms. The Bertz CT molecular complexity index is 950. The molecule has 0 radical (unpaired) electrons. The Morgan fingerprint density at radius 1 is 1.28 bits per heavy atom. The van der Waals surface area contributed by atoms with Gasteiger partial charge in [0.1, 0.15) is 17.3 Å². The first-order valence-corrected chi connectivity index (χ1v) is 10.6. The number of hydrogen-bond acceptors (Lipinski definition) is 7. The van der Waals surface area contributed by atoms with Crippen molar-refractivity contribution in [2.45, 2.75) is 49.2 Å². The number of primary amides is 1. The number of hydrogen-bond donors (Lipinski definition) is 1. The van der Waals surface area contributed by atoms with Crippen LogP contribution >= 0.6 is 11.8 Å². The molecule has 0 spiro atoms. The Morgan fingerprint density at radius 3 is 2.90 bits per heavy atom. The van der Waals surface area contributed by atoms with Gasteiger partial charge in [-0.2, -0.15) is 0 Å². The van der Waals surface area contributed by atoms with Crippen molar-refractivity contribution in [2.24, 2.45) is 5.73 Å². The van der Waals surface area contributed by atoms with Crippen molar-refractivity contribution >= 4 is 17.7 Å². The summed E-state index contributed by atoms with van der Waals surface area (Å²) < 4.78 is 13.3. The van der Waals surface area contributed by atoms with E-state index in [0.29, 0.717) is 18.7 Å². The van der Waals surface area contributed by atoms with E-state index in [-0.39, 0.29) is 18.4 Å². The van der Waals surface area contributed by atoms with E-state index in [1.807, 2.05) is 41.0 Å². The quantitative estimate of drug-likeness (QED) is 0.537. The zero-order chi connectivity index (χ0) is 20.1. The summed E-state index contributed by atoms with van der Waals surface area (Å²) in [6, 6.07) is 11.9. The standard InChI is InChI=1S/C20H23N5O3S/c21-18(26)8-9-19-22-23-20(25(19)12-15-7-4-10-27-15)29-13-16-11-17(24-28-16)14-5-2-1-3-6-14/h1-3,5-6,11,15H,4,7-10,12-13H2,(H2,21,26). The molecule has 1 amide bonds. The fourth-order valence-electron chi connectivity index (χ4n) is 3.28. The van der Waals surface area contributed by atoms with Gasteiger partial charge in [0.15, 0.2) is 5.16 Å². The zero-order valence-corrected chi connectivity index (χ0v) is 16.8. The lowest BCUT2D eigenvalue weighted by molar-refractivity contribution is -0.118. The molecule has 0 saturated carbocycles. The van der Waals surface area contributed by atoms with Crippen molar-refractivity contribution in [3.8, 4) is 11.3 Å². The van der Waals surface area contributed by atoms with Crippen LogP contribution in [0.1, 0.15) is 30.8 Å². The van der Waals surface area contributed by atoms with Gasteiger partial charge in [-0.25, -0.2) is 0 Å². The number of benzene rings is 1. The van der Waals surface area contributed by atoms with Gasteiger partial charge in [0, 0.05) is 31.1 Å². The number of nitrogens with two attached hydrogens (primary N) is 1. The van der Waals surface area contributed by atoms with E-state index in [0.717, 1.165) is 47.4 Å². The lowest BCUT2D eigenvalue weighted by Gasteiger charge is -2.14. The van der Waals surface area contributed by atoms with E-state index < -0.39 is 0 Å². The van der Waals surface area contributed by atoms with E-state index in [1.54, 1.807) is 0 Å². The number of rotatable bonds is 9. The van der Waals surface area contributed by atoms with Gasteiger partial charge in [-0.05, 0) is 12.8 Å². The summed E-state index contributed by atoms with van der Waals surface area (Å²) in [4.78, 5) is 11.2. The minimum absolute atomic E-state index is 0.146. The topological polar surface area (TPSA) is 109 Å². The summed E-state index contributed by atoms with van der Waals surface area (Å²) in [6.45, 7) is 1.46. The van der Waals surface area contributed by atoms with E-state index in [2.05, 4.69) is 15.4 Å². The van der Waals surface area contributed by atoms with Crippen LogP contribution in [-0.4, -0.2) is 38.5 Å². The van der Waals surface area contributed by atoms with Gasteiger partial charge in [0.25, 0.3) is 0 Å². The summed E-state index contributed by atoms with van der Waals surface area (Å²) >= 11 is 1.53. The molecule has 1 aromatic carbocycles. The van der Waals surface area contributed by atoms with Crippen molar-refractivity contribution in [1.82, 2.24) is 19.9 Å². The number of thioether (sulfide) groups is 1. The average molecular weight is 414 g/mol. The minimum atomic E-state index is -0.346. The molecule has 0 aliphatic carbocycles. The molecule has 1 aliphatic rings. The molecule has 8 nitrogen and oxygen atoms in total. The summed E-state index contributed by atoms with van der Waals surface area (Å²) in [5.74, 6) is 1.75. The minimum Gasteiger partial charge on any atom is -0.376 e. The maximum absolute atomic E-state index is 11.2. The summed E-state index contributed by atoms with van der Waals surface area (Å²) in [5, 5.41) is 13.5. The predicted molar refractivity (Wildman–Crippen MR) is 108 cm³/mol. The number of nitrogens with zero attached hydrogens (tertiary/aromatic N) is 4. The van der Waals surface area contributed by atoms with E-state index in [9.17, 15) is 4.79 Å². The number of amides is 1. The SMILES string of the molecule is NC(=O)CCc1nnc(SCc2cc(-c3ccccc3)no2)n1CC1CCCO1. The third-order valence-electron chi connectivity index (χ3n) is 4.77. The van der Waals surface area contributed by atoms with Crippen LogP contribution in [0.4, 0.5) is 0 Å². The molecule has 2 aromatic heterocycles. The molecular formula is C20H23N5O3S. The molecule has 4 rings (SSSR count). The molecule has 1 unspecified atom stereocenters. The van der Waals surface area contributed by atoms with Crippen LogP contribution in [0.3, 0.4) is 0 Å². The van der Waals surface area contributed by atoms with Crippen LogP contribution in [0.5, 0.6) is 0 Å². The van der Waals surface area contributed by atoms with E-state index in [1.165, 1.54) is 11.8 Å². The summed E-state index contributed by atoms with van der Waals surface area (Å²) in [6.07, 6.45) is 2.94. The summed E-state index contributed by atoms with van der Waals surface area (Å²) in [7, 11) is 0. The zero-order valence-electron chi connectivity index (χ0n) is 16.0. The van der Waals surface area contributed by atoms with Gasteiger partial charge in [-0.15, -0.1) is 10.2 Å². The molecule has 152 valence electrons. The molecule has 0 bridgehead atoms. The number of carbonyl (C=O) groups is 1. The lowest BCUT2D eigenvalue weighted by atomic mass is 10.1. The molecular weight excluding hydrogens is 390 g/mol. The van der Waals surface area contributed by atoms with Crippen molar-refractivity contribution in [2.75, 3.05) is 6.61 Å². The first-order chi connectivity index (χ1) is 14.2. The Balaban J connectivity index is 1.46. The smallest absolute Gasteiger partial charge is 0.217 e. The van der Waals surface area contributed by atoms with Crippen LogP contribution in [0.15, 0.2) is 46.1 Å². The van der Waals surface area contributed by atoms with Gasteiger partial charge in [-0.1, -0.05) is 47.3 Å². The van der Waals surface area contributed by atoms with Crippen molar-refractivity contribution in [3.05, 3.63) is 48.0 Å². The Labute approximate surface area is 172 Å². The van der Waals surface area contributed by atoms with Gasteiger partial charge in [0.2, 0.25) is 5.91 Å². The van der Waals surface area contributed by atoms with E-state index >= 15 is 0 Å². The fraction of sp³-hybridized carbons (Fsp3) is 0.400. The largest absolute Gasteiger partial charge is 0.376 e. The molecule has 1 aliphatic heterocycles. The van der Waals surface area contributed by atoms with Gasteiger partial charge in [-0.3, -0.25) is 4.79 Å². The average Bonchev–Trinajstić information content (AvgIpc) is 3.48. The lowest BCUT2D eigenvalue weighted by Crippen LogP contribution is -2.19. The van der Waals surface area contributed by atoms with E-state index in [4.69, 9.17) is 15.0 Å². The van der Waals surface area contributed by atoms with Crippen LogP contribution in [0, 0.1) is 0 Å². The van der Waals surface area contributed by atoms with Crippen LogP contribution in [-0.2, 0) is 28.2 Å². The number of carbonyl (C=O) groups excluding carboxylic acids is 1. The first kappa shape index (κ1) is 19.7. The highest BCUT2D eigenvalue weighted by Crippen LogP contribution is 2.27. The Hall–Kier alpha value is -2.65. The van der Waals surface area contributed by atoms with Gasteiger partial charge >= 0.3 is 0 Å². The Morgan fingerprint density at radius 2 is 2.14 bits per heavy atom. The maximum atomic E-state index is 11.2. The third kappa shape index (κ3) is 5.04. The normalized spacial score (nSPS) is 16.3. The van der Waals surface area contributed by atoms with Gasteiger partial charge < -0.3 is 19.6 Å². The fourth-order valence-corrected chi connectivity index (χ4v) is 4.12. The number of ether oxygens (including phenoxy) is 1. The molecule has 2 N–H and O–H groups in total. The molecule has 1 fully saturated rings. The molecule has 1 saturated heterocycles. The molecule has 9 heteroatoms.